The molecule has 3 rings (SSSR count). The fraction of sp³-hybridized carbons (Fsp3) is 0.158. The van der Waals surface area contributed by atoms with Gasteiger partial charge in [-0.25, -0.2) is 9.79 Å². The van der Waals surface area contributed by atoms with Crippen molar-refractivity contribution < 1.29 is 32.5 Å². The summed E-state index contributed by atoms with van der Waals surface area (Å²) in [5.74, 6) is 0.531. The highest BCUT2D eigenvalue weighted by Gasteiger charge is 2.24. The largest absolute Gasteiger partial charge is 0.493 e. The first kappa shape index (κ1) is 18.4. The lowest BCUT2D eigenvalue weighted by atomic mass is 10.1. The van der Waals surface area contributed by atoms with Crippen molar-refractivity contribution in [3.63, 3.8) is 0 Å². The van der Waals surface area contributed by atoms with Gasteiger partial charge >= 0.3 is 12.6 Å². The van der Waals surface area contributed by atoms with Crippen LogP contribution in [0, 0.1) is 0 Å². The average Bonchev–Trinajstić information content (AvgIpc) is 3.02. The number of cyclic esters (lactones) is 1. The number of halogens is 2. The van der Waals surface area contributed by atoms with Crippen LogP contribution in [0.3, 0.4) is 0 Å². The molecule has 0 amide bonds. The molecule has 0 saturated heterocycles. The summed E-state index contributed by atoms with van der Waals surface area (Å²) in [6.07, 6.45) is 1.55. The van der Waals surface area contributed by atoms with E-state index in [-0.39, 0.29) is 17.3 Å². The van der Waals surface area contributed by atoms with Gasteiger partial charge in [0.2, 0.25) is 5.90 Å². The number of benzene rings is 2. The number of hydrogen-bond acceptors (Lipinski definition) is 6. The Morgan fingerprint density at radius 1 is 1.04 bits per heavy atom. The Bertz CT molecular complexity index is 907. The highest BCUT2D eigenvalue weighted by Crippen LogP contribution is 2.29. The predicted molar refractivity (Wildman–Crippen MR) is 93.2 cm³/mol. The number of alkyl halides is 2. The summed E-state index contributed by atoms with van der Waals surface area (Å²) in [7, 11) is 3.04. The van der Waals surface area contributed by atoms with E-state index in [1.165, 1.54) is 38.5 Å². The van der Waals surface area contributed by atoms with E-state index in [1.54, 1.807) is 24.3 Å². The Morgan fingerprint density at radius 3 is 2.37 bits per heavy atom. The highest BCUT2D eigenvalue weighted by molar-refractivity contribution is 6.12. The molecule has 2 aromatic rings. The second kappa shape index (κ2) is 7.86. The molecule has 0 saturated carbocycles. The van der Waals surface area contributed by atoms with Gasteiger partial charge in [-0.05, 0) is 48.0 Å². The molecule has 2 aromatic carbocycles. The van der Waals surface area contributed by atoms with E-state index in [0.717, 1.165) is 0 Å². The van der Waals surface area contributed by atoms with E-state index < -0.39 is 12.6 Å². The van der Waals surface area contributed by atoms with Crippen LogP contribution in [-0.4, -0.2) is 32.7 Å². The van der Waals surface area contributed by atoms with Crippen LogP contribution in [0.15, 0.2) is 53.2 Å². The minimum Gasteiger partial charge on any atom is -0.493 e. The second-order valence-electron chi connectivity index (χ2n) is 5.35. The molecule has 8 heteroatoms. The van der Waals surface area contributed by atoms with E-state index in [9.17, 15) is 13.6 Å². The zero-order valence-corrected chi connectivity index (χ0v) is 14.4. The molecule has 0 atom stereocenters. The van der Waals surface area contributed by atoms with Crippen LogP contribution in [0.5, 0.6) is 17.2 Å². The molecule has 0 aliphatic carbocycles. The summed E-state index contributed by atoms with van der Waals surface area (Å²) in [6, 6.07) is 10.8. The van der Waals surface area contributed by atoms with Gasteiger partial charge in [0, 0.05) is 5.56 Å². The van der Waals surface area contributed by atoms with Crippen LogP contribution in [0.4, 0.5) is 8.78 Å². The van der Waals surface area contributed by atoms with Crippen LogP contribution >= 0.6 is 0 Å². The molecule has 0 aromatic heterocycles. The third-order valence-electron chi connectivity index (χ3n) is 3.66. The van der Waals surface area contributed by atoms with Crippen LogP contribution < -0.4 is 14.2 Å². The third kappa shape index (κ3) is 4.22. The smallest absolute Gasteiger partial charge is 0.387 e. The predicted octanol–water partition coefficient (Wildman–Crippen LogP) is 3.65. The molecule has 1 heterocycles. The number of hydrogen-bond donors (Lipinski definition) is 0. The van der Waals surface area contributed by atoms with E-state index in [1.807, 2.05) is 0 Å². The van der Waals surface area contributed by atoms with Crippen LogP contribution in [0.1, 0.15) is 11.1 Å². The van der Waals surface area contributed by atoms with Crippen molar-refractivity contribution in [1.29, 1.82) is 0 Å². The molecule has 27 heavy (non-hydrogen) atoms. The summed E-state index contributed by atoms with van der Waals surface area (Å²) < 4.78 is 44.2. The average molecular weight is 375 g/mol. The molecule has 6 nitrogen and oxygen atoms in total. The number of methoxy groups -OCH3 is 2. The zero-order valence-electron chi connectivity index (χ0n) is 14.4. The van der Waals surface area contributed by atoms with Gasteiger partial charge < -0.3 is 18.9 Å². The van der Waals surface area contributed by atoms with Crippen molar-refractivity contribution in [3.8, 4) is 17.2 Å². The fourth-order valence-corrected chi connectivity index (χ4v) is 2.41. The number of carbonyl (C=O) groups excluding carboxylic acids is 1. The Morgan fingerprint density at radius 2 is 1.74 bits per heavy atom. The van der Waals surface area contributed by atoms with Gasteiger partial charge in [0.25, 0.3) is 0 Å². The summed E-state index contributed by atoms with van der Waals surface area (Å²) in [6.45, 7) is -2.91. The molecule has 0 bridgehead atoms. The van der Waals surface area contributed by atoms with Crippen LogP contribution in [-0.2, 0) is 9.53 Å². The maximum atomic E-state index is 12.2. The van der Waals surface area contributed by atoms with Crippen molar-refractivity contribution in [1.82, 2.24) is 0 Å². The number of aliphatic imine (C=N–C) groups is 1. The molecular formula is C19H15F2NO5. The Hall–Kier alpha value is -3.42. The second-order valence-corrected chi connectivity index (χ2v) is 5.35. The monoisotopic (exact) mass is 375 g/mol. The maximum Gasteiger partial charge on any atom is 0.387 e. The Kier molecular flexibility index (Phi) is 5.35. The highest BCUT2D eigenvalue weighted by atomic mass is 19.3. The summed E-state index contributed by atoms with van der Waals surface area (Å²) in [5, 5.41) is 0. The molecule has 0 fully saturated rings. The van der Waals surface area contributed by atoms with Gasteiger partial charge in [0.1, 0.15) is 5.75 Å². The van der Waals surface area contributed by atoms with Crippen molar-refractivity contribution in [2.24, 2.45) is 4.99 Å². The number of ether oxygens (including phenoxy) is 4. The van der Waals surface area contributed by atoms with Gasteiger partial charge in [0.15, 0.2) is 17.2 Å². The van der Waals surface area contributed by atoms with Gasteiger partial charge in [-0.1, -0.05) is 6.07 Å². The Labute approximate surface area is 153 Å². The van der Waals surface area contributed by atoms with Crippen molar-refractivity contribution in [2.45, 2.75) is 6.61 Å². The summed E-state index contributed by atoms with van der Waals surface area (Å²) >= 11 is 0. The van der Waals surface area contributed by atoms with Crippen molar-refractivity contribution in [3.05, 3.63) is 59.3 Å². The van der Waals surface area contributed by atoms with Gasteiger partial charge in [-0.2, -0.15) is 8.78 Å². The number of nitrogens with zero attached hydrogens (tertiary/aromatic N) is 1. The van der Waals surface area contributed by atoms with Gasteiger partial charge in [-0.3, -0.25) is 0 Å². The molecule has 1 aliphatic rings. The molecular weight excluding hydrogens is 360 g/mol. The van der Waals surface area contributed by atoms with E-state index >= 15 is 0 Å². The molecule has 0 unspecified atom stereocenters. The minimum atomic E-state index is -2.91. The zero-order chi connectivity index (χ0) is 19.4. The van der Waals surface area contributed by atoms with Crippen molar-refractivity contribution >= 4 is 17.9 Å². The SMILES string of the molecule is COc1ccc(/C=C2/N=C(c3ccc(OC(F)F)cc3)OC2=O)cc1OC. The number of esters is 1. The normalized spacial score (nSPS) is 14.9. The van der Waals surface area contributed by atoms with E-state index in [4.69, 9.17) is 14.2 Å². The molecule has 140 valence electrons. The van der Waals surface area contributed by atoms with Crippen LogP contribution in [0.2, 0.25) is 0 Å². The topological polar surface area (TPSA) is 66.3 Å². The van der Waals surface area contributed by atoms with E-state index in [0.29, 0.717) is 22.6 Å². The minimum absolute atomic E-state index is 0.000216. The molecule has 0 spiro atoms. The Balaban J connectivity index is 1.84. The lowest BCUT2D eigenvalue weighted by Gasteiger charge is -2.07. The van der Waals surface area contributed by atoms with Crippen LogP contribution in [0.25, 0.3) is 6.08 Å². The number of carbonyl (C=O) groups is 1. The fourth-order valence-electron chi connectivity index (χ4n) is 2.41. The third-order valence-corrected chi connectivity index (χ3v) is 3.66. The first-order valence-electron chi connectivity index (χ1n) is 7.80. The van der Waals surface area contributed by atoms with Crippen molar-refractivity contribution in [2.75, 3.05) is 14.2 Å². The number of rotatable bonds is 6. The lowest BCUT2D eigenvalue weighted by Crippen LogP contribution is -2.06. The van der Waals surface area contributed by atoms with Gasteiger partial charge in [0.05, 0.1) is 14.2 Å². The first-order chi connectivity index (χ1) is 13.0. The summed E-state index contributed by atoms with van der Waals surface area (Å²) in [5.41, 5.74) is 1.23. The van der Waals surface area contributed by atoms with Gasteiger partial charge in [-0.15, -0.1) is 0 Å². The maximum absolute atomic E-state index is 12.2. The standard InChI is InChI=1S/C19H15F2NO5/c1-24-15-8-3-11(10-16(15)25-2)9-14-18(23)27-17(22-14)12-4-6-13(7-5-12)26-19(20)21/h3-10,19H,1-2H3/b14-9+. The summed E-state index contributed by atoms with van der Waals surface area (Å²) in [4.78, 5) is 16.2. The lowest BCUT2D eigenvalue weighted by molar-refractivity contribution is -0.129. The quantitative estimate of drug-likeness (QED) is 0.570. The first-order valence-corrected chi connectivity index (χ1v) is 7.80. The molecule has 1 aliphatic heterocycles. The van der Waals surface area contributed by atoms with E-state index in [2.05, 4.69) is 9.73 Å². The molecule has 0 N–H and O–H groups in total. The molecule has 0 radical (unpaired) electrons.